The van der Waals surface area contributed by atoms with E-state index in [0.29, 0.717) is 17.7 Å². The van der Waals surface area contributed by atoms with Crippen LogP contribution in [0.2, 0.25) is 0 Å². The van der Waals surface area contributed by atoms with E-state index in [1.165, 1.54) is 12.1 Å². The van der Waals surface area contributed by atoms with Crippen LogP contribution in [0, 0.1) is 0 Å². The van der Waals surface area contributed by atoms with Gasteiger partial charge >= 0.3 is 0 Å². The number of halogens is 1. The number of carbonyl (C=O) groups is 1. The zero-order valence-corrected chi connectivity index (χ0v) is 13.3. The molecule has 0 aromatic heterocycles. The van der Waals surface area contributed by atoms with Crippen molar-refractivity contribution in [1.29, 1.82) is 0 Å². The average Bonchev–Trinajstić information content (AvgIpc) is 2.34. The summed E-state index contributed by atoms with van der Waals surface area (Å²) < 4.78 is 35.5. The summed E-state index contributed by atoms with van der Waals surface area (Å²) in [5.41, 5.74) is 0.755. The van der Waals surface area contributed by atoms with Crippen LogP contribution in [0.5, 0.6) is 0 Å². The van der Waals surface area contributed by atoms with Crippen molar-refractivity contribution >= 4 is 37.9 Å². The minimum Gasteiger partial charge on any atom is -0.611 e. The molecule has 1 atom stereocenters. The number of rotatable bonds is 5. The minimum atomic E-state index is -3.57. The van der Waals surface area contributed by atoms with Gasteiger partial charge in [0.15, 0.2) is 14.7 Å². The largest absolute Gasteiger partial charge is 0.611 e. The van der Waals surface area contributed by atoms with Crippen molar-refractivity contribution in [2.24, 2.45) is 0 Å². The van der Waals surface area contributed by atoms with Crippen molar-refractivity contribution < 1.29 is 17.8 Å². The Morgan fingerprint density at radius 3 is 2.32 bits per heavy atom. The molecular formula is C12H15ClO4S2. The maximum atomic E-state index is 12.0. The first-order chi connectivity index (χ1) is 8.72. The monoisotopic (exact) mass is 322 g/mol. The van der Waals surface area contributed by atoms with Gasteiger partial charge in [0, 0.05) is 11.8 Å². The van der Waals surface area contributed by atoms with Crippen molar-refractivity contribution in [2.45, 2.75) is 30.1 Å². The Morgan fingerprint density at radius 1 is 1.37 bits per heavy atom. The Hall–Kier alpha value is -0.560. The lowest BCUT2D eigenvalue weighted by atomic mass is 10.1. The van der Waals surface area contributed by atoms with Gasteiger partial charge < -0.3 is 4.55 Å². The van der Waals surface area contributed by atoms with Gasteiger partial charge in [0.05, 0.1) is 0 Å². The molecule has 106 valence electrons. The van der Waals surface area contributed by atoms with E-state index >= 15 is 0 Å². The van der Waals surface area contributed by atoms with Crippen LogP contribution in [0.25, 0.3) is 0 Å². The molecule has 0 radical (unpaired) electrons. The second-order valence-corrected chi connectivity index (χ2v) is 8.03. The fourth-order valence-electron chi connectivity index (χ4n) is 1.70. The molecule has 1 aromatic carbocycles. The quantitative estimate of drug-likeness (QED) is 0.615. The van der Waals surface area contributed by atoms with E-state index in [1.807, 2.05) is 6.92 Å². The minimum absolute atomic E-state index is 0.0890. The van der Waals surface area contributed by atoms with Gasteiger partial charge in [0.1, 0.15) is 10.6 Å². The first-order valence-electron chi connectivity index (χ1n) is 5.67. The van der Waals surface area contributed by atoms with Crippen molar-refractivity contribution in [3.05, 3.63) is 23.3 Å². The van der Waals surface area contributed by atoms with Crippen LogP contribution in [0.1, 0.15) is 29.8 Å². The Kier molecular flexibility index (Phi) is 5.43. The van der Waals surface area contributed by atoms with Gasteiger partial charge in [0.25, 0.3) is 5.24 Å². The van der Waals surface area contributed by atoms with E-state index in [4.69, 9.17) is 11.6 Å². The maximum absolute atomic E-state index is 12.0. The number of carbonyl (C=O) groups excluding carboxylic acids is 1. The van der Waals surface area contributed by atoms with E-state index in [2.05, 4.69) is 0 Å². The number of hydrogen-bond acceptors (Lipinski definition) is 4. The average molecular weight is 323 g/mol. The molecule has 0 aliphatic carbocycles. The summed E-state index contributed by atoms with van der Waals surface area (Å²) in [6.45, 7) is 3.52. The molecule has 0 heterocycles. The molecule has 0 saturated carbocycles. The third-order valence-corrected chi connectivity index (χ3v) is 5.49. The summed E-state index contributed by atoms with van der Waals surface area (Å²) >= 11 is 4.05. The molecule has 0 saturated heterocycles. The highest BCUT2D eigenvalue weighted by Crippen LogP contribution is 2.27. The smallest absolute Gasteiger partial charge is 0.252 e. The van der Waals surface area contributed by atoms with E-state index in [0.717, 1.165) is 6.26 Å². The molecule has 0 amide bonds. The van der Waals surface area contributed by atoms with Crippen LogP contribution in [-0.4, -0.2) is 30.2 Å². The van der Waals surface area contributed by atoms with E-state index in [9.17, 15) is 17.8 Å². The predicted molar refractivity (Wildman–Crippen MR) is 76.1 cm³/mol. The van der Waals surface area contributed by atoms with Gasteiger partial charge in [-0.15, -0.1) is 0 Å². The molecule has 0 fully saturated rings. The number of hydrogen-bond donors (Lipinski definition) is 0. The zero-order chi connectivity index (χ0) is 14.8. The standard InChI is InChI=1S/C12H15ClO4S2/c1-4-8-6-10(18(15)5-2)11(19(3,16)17)7-9(8)12(13)14/h6-7H,4-5H2,1-3H3. The Bertz CT molecular complexity index is 596. The lowest BCUT2D eigenvalue weighted by Crippen LogP contribution is -2.13. The lowest BCUT2D eigenvalue weighted by Gasteiger charge is -2.14. The van der Waals surface area contributed by atoms with Crippen molar-refractivity contribution in [3.8, 4) is 0 Å². The molecule has 1 rings (SSSR count). The van der Waals surface area contributed by atoms with Gasteiger partial charge in [-0.2, -0.15) is 0 Å². The summed E-state index contributed by atoms with van der Waals surface area (Å²) in [6, 6.07) is 2.73. The lowest BCUT2D eigenvalue weighted by molar-refractivity contribution is 0.108. The van der Waals surface area contributed by atoms with Crippen LogP contribution in [0.3, 0.4) is 0 Å². The molecular weight excluding hydrogens is 308 g/mol. The maximum Gasteiger partial charge on any atom is 0.252 e. The molecule has 0 bridgehead atoms. The second-order valence-electron chi connectivity index (χ2n) is 3.99. The molecule has 19 heavy (non-hydrogen) atoms. The summed E-state index contributed by atoms with van der Waals surface area (Å²) in [5.74, 6) is 0.305. The second kappa shape index (κ2) is 6.26. The normalized spacial score (nSPS) is 13.3. The predicted octanol–water partition coefficient (Wildman–Crippen LogP) is 2.16. The van der Waals surface area contributed by atoms with Crippen LogP contribution < -0.4 is 0 Å². The fourth-order valence-corrected chi connectivity index (χ4v) is 4.23. The first-order valence-corrected chi connectivity index (χ1v) is 9.26. The highest BCUT2D eigenvalue weighted by molar-refractivity contribution is 7.94. The van der Waals surface area contributed by atoms with Crippen LogP contribution in [0.15, 0.2) is 21.9 Å². The Morgan fingerprint density at radius 2 is 1.95 bits per heavy atom. The van der Waals surface area contributed by atoms with Gasteiger partial charge in [-0.25, -0.2) is 8.42 Å². The number of benzene rings is 1. The summed E-state index contributed by atoms with van der Waals surface area (Å²) in [7, 11) is -3.57. The summed E-state index contributed by atoms with van der Waals surface area (Å²) in [5, 5.41) is -0.712. The van der Waals surface area contributed by atoms with Gasteiger partial charge in [-0.3, -0.25) is 4.79 Å². The first kappa shape index (κ1) is 16.5. The fraction of sp³-hybridized carbons (Fsp3) is 0.417. The molecule has 0 spiro atoms. The van der Waals surface area contributed by atoms with Crippen LogP contribution >= 0.6 is 11.6 Å². The molecule has 0 aliphatic rings. The van der Waals surface area contributed by atoms with Crippen molar-refractivity contribution in [1.82, 2.24) is 0 Å². The van der Waals surface area contributed by atoms with Crippen LogP contribution in [0.4, 0.5) is 0 Å². The topological polar surface area (TPSA) is 74.3 Å². The highest BCUT2D eigenvalue weighted by atomic mass is 35.5. The van der Waals surface area contributed by atoms with Gasteiger partial charge in [-0.05, 0) is 53.8 Å². The molecule has 1 aromatic rings. The van der Waals surface area contributed by atoms with Gasteiger partial charge in [-0.1, -0.05) is 6.92 Å². The zero-order valence-electron chi connectivity index (χ0n) is 10.9. The number of aryl methyl sites for hydroxylation is 1. The van der Waals surface area contributed by atoms with Crippen molar-refractivity contribution in [3.63, 3.8) is 0 Å². The summed E-state index contributed by atoms with van der Waals surface area (Å²) in [4.78, 5) is 11.5. The summed E-state index contributed by atoms with van der Waals surface area (Å²) in [6.07, 6.45) is 1.53. The SMILES string of the molecule is CCc1cc([S+]([O-])CC)c(S(C)(=O)=O)cc1C(=O)Cl. The van der Waals surface area contributed by atoms with Crippen LogP contribution in [-0.2, 0) is 27.4 Å². The van der Waals surface area contributed by atoms with E-state index in [1.54, 1.807) is 6.92 Å². The molecule has 7 heteroatoms. The molecule has 1 unspecified atom stereocenters. The van der Waals surface area contributed by atoms with E-state index < -0.39 is 26.3 Å². The van der Waals surface area contributed by atoms with Gasteiger partial charge in [0.2, 0.25) is 0 Å². The number of sulfone groups is 1. The molecule has 4 nitrogen and oxygen atoms in total. The third-order valence-electron chi connectivity index (χ3n) is 2.67. The highest BCUT2D eigenvalue weighted by Gasteiger charge is 2.25. The van der Waals surface area contributed by atoms with E-state index in [-0.39, 0.29) is 15.4 Å². The third kappa shape index (κ3) is 3.72. The molecule has 0 aliphatic heterocycles. The Labute approximate surface area is 121 Å². The Balaban J connectivity index is 3.67. The van der Waals surface area contributed by atoms with Crippen molar-refractivity contribution in [2.75, 3.05) is 12.0 Å². The molecule has 0 N–H and O–H groups in total.